The maximum absolute atomic E-state index is 10.9. The van der Waals surface area contributed by atoms with Crippen LogP contribution in [0.3, 0.4) is 0 Å². The van der Waals surface area contributed by atoms with E-state index in [0.29, 0.717) is 0 Å². The largest absolute Gasteiger partial charge is 0.463 e. The number of nitrogens with one attached hydrogen (secondary N) is 2. The first kappa shape index (κ1) is 14.0. The molecule has 0 bridgehead atoms. The van der Waals surface area contributed by atoms with Crippen molar-refractivity contribution in [2.24, 2.45) is 0 Å². The molecule has 0 radical (unpaired) electrons. The number of halogens is 2. The van der Waals surface area contributed by atoms with Crippen LogP contribution in [0.5, 0.6) is 0 Å². The van der Waals surface area contributed by atoms with Crippen LogP contribution >= 0.6 is 23.2 Å². The number of hydrogen-bond donors (Lipinski definition) is 2. The normalized spacial score (nSPS) is 9.20. The summed E-state index contributed by atoms with van der Waals surface area (Å²) in [5.74, 6) is -1.71. The number of esters is 1. The van der Waals surface area contributed by atoms with Crippen molar-refractivity contribution in [1.29, 1.82) is 0 Å². The van der Waals surface area contributed by atoms with E-state index < -0.39 is 17.9 Å². The van der Waals surface area contributed by atoms with E-state index in [9.17, 15) is 14.4 Å². The first-order chi connectivity index (χ1) is 7.10. The Morgan fingerprint density at radius 3 is 2.33 bits per heavy atom. The molecule has 86 valence electrons. The van der Waals surface area contributed by atoms with Crippen molar-refractivity contribution in [1.82, 2.24) is 10.6 Å². The van der Waals surface area contributed by atoms with Gasteiger partial charge in [-0.25, -0.2) is 4.79 Å². The van der Waals surface area contributed by atoms with Gasteiger partial charge in [-0.2, -0.15) is 0 Å². The number of rotatable bonds is 5. The second kappa shape index (κ2) is 8.31. The van der Waals surface area contributed by atoms with Crippen LogP contribution in [0.1, 0.15) is 0 Å². The molecule has 0 aliphatic rings. The van der Waals surface area contributed by atoms with E-state index in [1.165, 1.54) is 0 Å². The first-order valence-electron chi connectivity index (χ1n) is 3.95. The number of imide groups is 1. The highest BCUT2D eigenvalue weighted by Gasteiger charge is 2.05. The Labute approximate surface area is 96.2 Å². The summed E-state index contributed by atoms with van der Waals surface area (Å²) >= 11 is 10.3. The molecule has 0 aromatic heterocycles. The van der Waals surface area contributed by atoms with Crippen molar-refractivity contribution in [3.05, 3.63) is 0 Å². The predicted octanol–water partition coefficient (Wildman–Crippen LogP) is -0.167. The third kappa shape index (κ3) is 8.02. The average Bonchev–Trinajstić information content (AvgIpc) is 2.23. The molecule has 0 saturated heterocycles. The zero-order valence-electron chi connectivity index (χ0n) is 7.72. The molecular formula is C7H10Cl2N2O4. The fourth-order valence-electron chi connectivity index (χ4n) is 0.572. The zero-order chi connectivity index (χ0) is 11.7. The number of ether oxygens (including phenoxy) is 1. The molecule has 0 saturated carbocycles. The lowest BCUT2D eigenvalue weighted by atomic mass is 10.6. The molecule has 0 aliphatic carbocycles. The molecule has 0 spiro atoms. The van der Waals surface area contributed by atoms with Crippen LogP contribution in [0.4, 0.5) is 4.79 Å². The van der Waals surface area contributed by atoms with E-state index in [1.54, 1.807) is 0 Å². The standard InChI is InChI=1S/C7H10Cl2N2O4/c8-3-5(12)11-7(14)10-1-2-15-6(13)4-9/h1-4H2,(H2,10,11,12,14). The zero-order valence-corrected chi connectivity index (χ0v) is 9.23. The summed E-state index contributed by atoms with van der Waals surface area (Å²) in [6, 6.07) is -0.692. The summed E-state index contributed by atoms with van der Waals surface area (Å²) in [6.07, 6.45) is 0. The molecule has 0 heterocycles. The fourth-order valence-corrected chi connectivity index (χ4v) is 0.716. The number of hydrogen-bond acceptors (Lipinski definition) is 4. The third-order valence-electron chi connectivity index (χ3n) is 1.13. The van der Waals surface area contributed by atoms with Gasteiger partial charge in [0, 0.05) is 0 Å². The first-order valence-corrected chi connectivity index (χ1v) is 5.02. The van der Waals surface area contributed by atoms with Gasteiger partial charge in [-0.1, -0.05) is 0 Å². The number of urea groups is 1. The predicted molar refractivity (Wildman–Crippen MR) is 53.9 cm³/mol. The molecule has 2 N–H and O–H groups in total. The monoisotopic (exact) mass is 256 g/mol. The van der Waals surface area contributed by atoms with Gasteiger partial charge in [0.1, 0.15) is 18.4 Å². The van der Waals surface area contributed by atoms with Gasteiger partial charge in [-0.3, -0.25) is 14.9 Å². The Morgan fingerprint density at radius 1 is 1.13 bits per heavy atom. The summed E-state index contributed by atoms with van der Waals surface area (Å²) in [4.78, 5) is 32.0. The summed E-state index contributed by atoms with van der Waals surface area (Å²) in [6.45, 7) is 0.0814. The van der Waals surface area contributed by atoms with Gasteiger partial charge < -0.3 is 10.1 Å². The topological polar surface area (TPSA) is 84.5 Å². The van der Waals surface area contributed by atoms with Crippen LogP contribution in [-0.2, 0) is 14.3 Å². The summed E-state index contributed by atoms with van der Waals surface area (Å²) in [5, 5.41) is 4.22. The Kier molecular flexibility index (Phi) is 7.75. The Hall–Kier alpha value is -1.01. The second-order valence-electron chi connectivity index (χ2n) is 2.29. The highest BCUT2D eigenvalue weighted by molar-refractivity contribution is 6.28. The number of amides is 3. The molecular weight excluding hydrogens is 247 g/mol. The molecule has 0 aromatic carbocycles. The molecule has 0 aliphatic heterocycles. The molecule has 0 atom stereocenters. The minimum atomic E-state index is -0.692. The lowest BCUT2D eigenvalue weighted by molar-refractivity contribution is -0.140. The Balaban J connectivity index is 3.47. The summed E-state index contributed by atoms with van der Waals surface area (Å²) in [5.41, 5.74) is 0. The van der Waals surface area contributed by atoms with Crippen molar-refractivity contribution < 1.29 is 19.1 Å². The highest BCUT2D eigenvalue weighted by atomic mass is 35.5. The quantitative estimate of drug-likeness (QED) is 0.407. The molecule has 6 nitrogen and oxygen atoms in total. The van der Waals surface area contributed by atoms with Crippen LogP contribution in [0, 0.1) is 0 Å². The highest BCUT2D eigenvalue weighted by Crippen LogP contribution is 1.81. The van der Waals surface area contributed by atoms with Gasteiger partial charge in [-0.05, 0) is 0 Å². The van der Waals surface area contributed by atoms with E-state index in [1.807, 2.05) is 5.32 Å². The average molecular weight is 257 g/mol. The molecule has 15 heavy (non-hydrogen) atoms. The van der Waals surface area contributed by atoms with E-state index >= 15 is 0 Å². The van der Waals surface area contributed by atoms with E-state index in [-0.39, 0.29) is 24.9 Å². The molecule has 3 amide bonds. The minimum absolute atomic E-state index is 0.00591. The maximum Gasteiger partial charge on any atom is 0.321 e. The Morgan fingerprint density at radius 2 is 1.80 bits per heavy atom. The smallest absolute Gasteiger partial charge is 0.321 e. The summed E-state index contributed by atoms with van der Waals surface area (Å²) in [7, 11) is 0. The van der Waals surface area contributed by atoms with Gasteiger partial charge in [-0.15, -0.1) is 23.2 Å². The maximum atomic E-state index is 10.9. The molecule has 0 rings (SSSR count). The van der Waals surface area contributed by atoms with E-state index in [2.05, 4.69) is 10.1 Å². The van der Waals surface area contributed by atoms with Crippen molar-refractivity contribution in [2.75, 3.05) is 24.9 Å². The van der Waals surface area contributed by atoms with Gasteiger partial charge in [0.15, 0.2) is 0 Å². The fraction of sp³-hybridized carbons (Fsp3) is 0.571. The second-order valence-corrected chi connectivity index (χ2v) is 2.83. The number of carbonyl (C=O) groups excluding carboxylic acids is 3. The lowest BCUT2D eigenvalue weighted by Gasteiger charge is -2.05. The van der Waals surface area contributed by atoms with Crippen LogP contribution in [0.2, 0.25) is 0 Å². The molecule has 0 fully saturated rings. The summed E-state index contributed by atoms with van der Waals surface area (Å²) < 4.78 is 4.55. The van der Waals surface area contributed by atoms with Crippen molar-refractivity contribution in [3.8, 4) is 0 Å². The van der Waals surface area contributed by atoms with Gasteiger partial charge in [0.2, 0.25) is 5.91 Å². The van der Waals surface area contributed by atoms with Crippen LogP contribution in [0.25, 0.3) is 0 Å². The van der Waals surface area contributed by atoms with E-state index in [4.69, 9.17) is 23.2 Å². The number of alkyl halides is 2. The van der Waals surface area contributed by atoms with Crippen LogP contribution in [0.15, 0.2) is 0 Å². The van der Waals surface area contributed by atoms with Crippen LogP contribution < -0.4 is 10.6 Å². The number of carbonyl (C=O) groups is 3. The van der Waals surface area contributed by atoms with E-state index in [0.717, 1.165) is 0 Å². The Bertz CT molecular complexity index is 247. The van der Waals surface area contributed by atoms with Gasteiger partial charge in [0.25, 0.3) is 0 Å². The SMILES string of the molecule is O=C(CCl)NC(=O)NCCOC(=O)CCl. The van der Waals surface area contributed by atoms with Gasteiger partial charge >= 0.3 is 12.0 Å². The minimum Gasteiger partial charge on any atom is -0.463 e. The molecule has 0 aromatic rings. The lowest BCUT2D eigenvalue weighted by Crippen LogP contribution is -2.41. The molecule has 0 unspecified atom stereocenters. The van der Waals surface area contributed by atoms with Crippen molar-refractivity contribution in [3.63, 3.8) is 0 Å². The van der Waals surface area contributed by atoms with Crippen LogP contribution in [-0.4, -0.2) is 42.8 Å². The van der Waals surface area contributed by atoms with Crippen molar-refractivity contribution in [2.45, 2.75) is 0 Å². The third-order valence-corrected chi connectivity index (χ3v) is 1.60. The van der Waals surface area contributed by atoms with Gasteiger partial charge in [0.05, 0.1) is 6.54 Å². The molecule has 8 heteroatoms. The van der Waals surface area contributed by atoms with Crippen molar-refractivity contribution >= 4 is 41.1 Å².